The van der Waals surface area contributed by atoms with E-state index in [1.807, 2.05) is 31.2 Å². The zero-order valence-corrected chi connectivity index (χ0v) is 19.8. The van der Waals surface area contributed by atoms with Crippen molar-refractivity contribution in [3.05, 3.63) is 58.5 Å². The second-order valence-electron chi connectivity index (χ2n) is 9.42. The lowest BCUT2D eigenvalue weighted by molar-refractivity contribution is -0.0596. The fourth-order valence-electron chi connectivity index (χ4n) is 4.85. The summed E-state index contributed by atoms with van der Waals surface area (Å²) in [4.78, 5) is 21.0. The predicted octanol–water partition coefficient (Wildman–Crippen LogP) is 5.11. The van der Waals surface area contributed by atoms with Crippen molar-refractivity contribution < 1.29 is 14.3 Å². The topological polar surface area (TPSA) is 88.3 Å². The van der Waals surface area contributed by atoms with Crippen LogP contribution in [0.25, 0.3) is 11.3 Å². The van der Waals surface area contributed by atoms with Crippen molar-refractivity contribution in [1.29, 1.82) is 0 Å². The number of nitrogens with one attached hydrogen (secondary N) is 3. The summed E-state index contributed by atoms with van der Waals surface area (Å²) in [6.45, 7) is 4.01. The minimum atomic E-state index is -0.0733. The zero-order chi connectivity index (χ0) is 23.3. The van der Waals surface area contributed by atoms with E-state index >= 15 is 0 Å². The molecule has 3 aliphatic rings. The van der Waals surface area contributed by atoms with E-state index in [2.05, 4.69) is 20.6 Å². The Labute approximate surface area is 203 Å². The first-order valence-corrected chi connectivity index (χ1v) is 12.2. The van der Waals surface area contributed by atoms with Gasteiger partial charge in [0.25, 0.3) is 5.91 Å². The van der Waals surface area contributed by atoms with E-state index in [4.69, 9.17) is 21.1 Å². The van der Waals surface area contributed by atoms with Crippen molar-refractivity contribution in [2.75, 3.05) is 25.1 Å². The quantitative estimate of drug-likeness (QED) is 0.439. The number of nitrogens with zero attached hydrogens (tertiary/aromatic N) is 1. The van der Waals surface area contributed by atoms with Gasteiger partial charge in [-0.05, 0) is 49.9 Å². The van der Waals surface area contributed by atoms with E-state index in [0.717, 1.165) is 66.2 Å². The highest BCUT2D eigenvalue weighted by Gasteiger charge is 2.51. The number of benzene rings is 1. The minimum Gasteiger partial charge on any atom is -0.491 e. The third kappa shape index (κ3) is 3.63. The van der Waals surface area contributed by atoms with Gasteiger partial charge in [-0.25, -0.2) is 0 Å². The molecule has 1 amide bonds. The molecule has 4 heterocycles. The maximum atomic E-state index is 13.1. The number of aromatic amines is 1. The van der Waals surface area contributed by atoms with Crippen LogP contribution in [0.15, 0.2) is 36.7 Å². The van der Waals surface area contributed by atoms with Gasteiger partial charge in [-0.15, -0.1) is 0 Å². The van der Waals surface area contributed by atoms with Gasteiger partial charge in [0.2, 0.25) is 0 Å². The fraction of sp³-hybridized carbons (Fsp3) is 0.385. The number of ether oxygens (including phenoxy) is 2. The Hall–Kier alpha value is -3.03. The van der Waals surface area contributed by atoms with E-state index in [-0.39, 0.29) is 17.4 Å². The number of hydrogen-bond donors (Lipinski definition) is 3. The van der Waals surface area contributed by atoms with Crippen molar-refractivity contribution in [2.45, 2.75) is 44.1 Å². The first-order chi connectivity index (χ1) is 16.6. The summed E-state index contributed by atoms with van der Waals surface area (Å²) in [6.07, 6.45) is 7.79. The number of pyridine rings is 1. The molecule has 3 N–H and O–H groups in total. The number of amides is 1. The van der Waals surface area contributed by atoms with Gasteiger partial charge in [0.15, 0.2) is 0 Å². The average Bonchev–Trinajstić information content (AvgIpc) is 3.49. The molecule has 2 fully saturated rings. The Kier molecular flexibility index (Phi) is 5.26. The lowest BCUT2D eigenvalue weighted by atomic mass is 9.93. The number of halogens is 1. The van der Waals surface area contributed by atoms with Crippen LogP contribution < -0.4 is 15.4 Å². The molecule has 6 rings (SSSR count). The van der Waals surface area contributed by atoms with Gasteiger partial charge in [-0.1, -0.05) is 17.7 Å². The van der Waals surface area contributed by atoms with Gasteiger partial charge in [-0.2, -0.15) is 0 Å². The molecule has 1 atom stereocenters. The molecule has 1 saturated heterocycles. The molecule has 1 unspecified atom stereocenters. The highest BCUT2D eigenvalue weighted by Crippen LogP contribution is 2.54. The minimum absolute atomic E-state index is 0.0170. The zero-order valence-electron chi connectivity index (χ0n) is 19.0. The second-order valence-corrected chi connectivity index (χ2v) is 9.82. The summed E-state index contributed by atoms with van der Waals surface area (Å²) in [6, 6.07) is 7.67. The molecular formula is C26H27ClN4O3. The summed E-state index contributed by atoms with van der Waals surface area (Å²) < 4.78 is 11.7. The van der Waals surface area contributed by atoms with Crippen LogP contribution in [0.5, 0.6) is 5.75 Å². The van der Waals surface area contributed by atoms with Crippen LogP contribution in [0.2, 0.25) is 5.02 Å². The monoisotopic (exact) mass is 478 g/mol. The highest BCUT2D eigenvalue weighted by atomic mass is 35.5. The smallest absolute Gasteiger partial charge is 0.255 e. The highest BCUT2D eigenvalue weighted by molar-refractivity contribution is 6.31. The van der Waals surface area contributed by atoms with Gasteiger partial charge < -0.3 is 25.1 Å². The van der Waals surface area contributed by atoms with Crippen LogP contribution >= 0.6 is 11.6 Å². The lowest BCUT2D eigenvalue weighted by Gasteiger charge is -2.26. The van der Waals surface area contributed by atoms with Gasteiger partial charge in [0.1, 0.15) is 5.75 Å². The molecule has 3 aromatic rings. The first kappa shape index (κ1) is 21.5. The fourth-order valence-corrected chi connectivity index (χ4v) is 5.02. The molecule has 176 valence electrons. The Morgan fingerprint density at radius 3 is 2.94 bits per heavy atom. The van der Waals surface area contributed by atoms with E-state index in [1.54, 1.807) is 12.4 Å². The molecule has 0 radical (unpaired) electrons. The number of H-pyrrole nitrogens is 1. The van der Waals surface area contributed by atoms with Crippen molar-refractivity contribution >= 4 is 28.9 Å². The van der Waals surface area contributed by atoms with Gasteiger partial charge in [-0.3, -0.25) is 9.78 Å². The number of carbonyl (C=O) groups is 1. The largest absolute Gasteiger partial charge is 0.491 e. The summed E-state index contributed by atoms with van der Waals surface area (Å²) in [5, 5.41) is 7.30. The number of hydrogen-bond acceptors (Lipinski definition) is 5. The molecule has 2 aromatic heterocycles. The number of aromatic nitrogens is 2. The van der Waals surface area contributed by atoms with E-state index < -0.39 is 0 Å². The SMILES string of the molecule is Cc1c(Cl)cccc1Nc1c(-c2ccncc2OCCC2CCO2)[nH]c2c1C(=O)NCC21CC1. The maximum Gasteiger partial charge on any atom is 0.255 e. The Morgan fingerprint density at radius 1 is 1.32 bits per heavy atom. The molecule has 1 aliphatic carbocycles. The van der Waals surface area contributed by atoms with Crippen LogP contribution in [0.4, 0.5) is 11.4 Å². The van der Waals surface area contributed by atoms with Crippen LogP contribution in [0, 0.1) is 6.92 Å². The van der Waals surface area contributed by atoms with Crippen LogP contribution in [-0.2, 0) is 10.2 Å². The molecule has 7 nitrogen and oxygen atoms in total. The molecule has 34 heavy (non-hydrogen) atoms. The van der Waals surface area contributed by atoms with Crippen molar-refractivity contribution in [3.63, 3.8) is 0 Å². The molecule has 1 spiro atoms. The first-order valence-electron chi connectivity index (χ1n) is 11.8. The number of rotatable bonds is 7. The van der Waals surface area contributed by atoms with Gasteiger partial charge in [0, 0.05) is 53.2 Å². The number of carbonyl (C=O) groups excluding carboxylic acids is 1. The summed E-state index contributed by atoms with van der Waals surface area (Å²) >= 11 is 6.40. The van der Waals surface area contributed by atoms with Gasteiger partial charge in [0.05, 0.1) is 35.9 Å². The van der Waals surface area contributed by atoms with Crippen molar-refractivity contribution in [1.82, 2.24) is 15.3 Å². The summed E-state index contributed by atoms with van der Waals surface area (Å²) in [7, 11) is 0. The third-order valence-corrected chi connectivity index (χ3v) is 7.68. The van der Waals surface area contributed by atoms with E-state index in [9.17, 15) is 4.79 Å². The maximum absolute atomic E-state index is 13.1. The number of anilines is 2. The Bertz CT molecular complexity index is 1260. The van der Waals surface area contributed by atoms with E-state index in [0.29, 0.717) is 29.5 Å². The molecule has 0 bridgehead atoms. The third-order valence-electron chi connectivity index (χ3n) is 7.27. The average molecular weight is 479 g/mol. The Morgan fingerprint density at radius 2 is 2.18 bits per heavy atom. The predicted molar refractivity (Wildman–Crippen MR) is 131 cm³/mol. The summed E-state index contributed by atoms with van der Waals surface area (Å²) in [5.74, 6) is 0.604. The molecule has 1 aromatic carbocycles. The Balaban J connectivity index is 1.44. The van der Waals surface area contributed by atoms with Crippen molar-refractivity contribution in [3.8, 4) is 17.0 Å². The van der Waals surface area contributed by atoms with Crippen LogP contribution in [0.1, 0.15) is 47.3 Å². The number of fused-ring (bicyclic) bond motifs is 2. The standard InChI is InChI=1S/C26H27ClN4O3/c1-15-18(27)3-2-4-19(15)30-23-21-24(26(8-9-26)14-29-25(21)32)31-22(23)17-5-10-28-13-20(17)34-12-7-16-6-11-33-16/h2-5,10,13,16,30-31H,6-9,11-12,14H2,1H3,(H,29,32). The van der Waals surface area contributed by atoms with Crippen molar-refractivity contribution in [2.24, 2.45) is 0 Å². The van der Waals surface area contributed by atoms with Crippen LogP contribution in [0.3, 0.4) is 0 Å². The second kappa shape index (κ2) is 8.32. The lowest BCUT2D eigenvalue weighted by Crippen LogP contribution is -2.39. The van der Waals surface area contributed by atoms with Crippen LogP contribution in [-0.4, -0.2) is 41.7 Å². The molecular weight excluding hydrogens is 452 g/mol. The normalized spacial score (nSPS) is 19.8. The van der Waals surface area contributed by atoms with Gasteiger partial charge >= 0.3 is 0 Å². The molecule has 8 heteroatoms. The molecule has 2 aliphatic heterocycles. The van der Waals surface area contributed by atoms with E-state index in [1.165, 1.54) is 0 Å². The summed E-state index contributed by atoms with van der Waals surface area (Å²) in [5.41, 5.74) is 5.86. The molecule has 1 saturated carbocycles.